The van der Waals surface area contributed by atoms with E-state index < -0.39 is 18.4 Å². The number of aliphatic carboxylic acids is 1. The molecule has 1 aliphatic rings. The number of amides is 2. The second-order valence-electron chi connectivity index (χ2n) is 7.92. The summed E-state index contributed by atoms with van der Waals surface area (Å²) in [5, 5.41) is 18.2. The Morgan fingerprint density at radius 1 is 1.14 bits per heavy atom. The molecule has 1 aromatic heterocycles. The highest BCUT2D eigenvalue weighted by atomic mass is 16.4. The molecular weight excluding hydrogens is 360 g/mol. The molecule has 1 aliphatic carbocycles. The zero-order chi connectivity index (χ0) is 20.5. The Balaban J connectivity index is 1.70. The lowest BCUT2D eigenvalue weighted by Gasteiger charge is -2.22. The molecule has 0 unspecified atom stereocenters. The molecule has 0 bridgehead atoms. The van der Waals surface area contributed by atoms with Gasteiger partial charge in [0.25, 0.3) is 11.8 Å². The zero-order valence-corrected chi connectivity index (χ0v) is 16.2. The standard InChI is InChI=1S/C20H24N4O4/c1-20(2,3)24-16(12-4-5-12)10-15(23-24)19(28)22-14-8-6-13(7-9-14)18(27)21-11-17(25)26/h6-10,12H,4-5,11H2,1-3H3,(H,21,27)(H,22,28)(H,25,26). The average Bonchev–Trinajstić information content (AvgIpc) is 3.36. The number of aromatic nitrogens is 2. The molecule has 1 heterocycles. The summed E-state index contributed by atoms with van der Waals surface area (Å²) in [5.41, 5.74) is 2.08. The van der Waals surface area contributed by atoms with Gasteiger partial charge in [-0.2, -0.15) is 5.10 Å². The maximum atomic E-state index is 12.6. The number of carboxylic acid groups (broad SMARTS) is 1. The first kappa shape index (κ1) is 19.6. The highest BCUT2D eigenvalue weighted by molar-refractivity contribution is 6.03. The van der Waals surface area contributed by atoms with Crippen LogP contribution in [0.4, 0.5) is 5.69 Å². The smallest absolute Gasteiger partial charge is 0.322 e. The van der Waals surface area contributed by atoms with Crippen molar-refractivity contribution < 1.29 is 19.5 Å². The lowest BCUT2D eigenvalue weighted by molar-refractivity contribution is -0.135. The van der Waals surface area contributed by atoms with Gasteiger partial charge in [-0.3, -0.25) is 19.1 Å². The Labute approximate surface area is 162 Å². The lowest BCUT2D eigenvalue weighted by Crippen LogP contribution is -2.29. The maximum absolute atomic E-state index is 12.6. The molecule has 0 radical (unpaired) electrons. The fraction of sp³-hybridized carbons (Fsp3) is 0.400. The van der Waals surface area contributed by atoms with Gasteiger partial charge in [0.1, 0.15) is 6.54 Å². The van der Waals surface area contributed by atoms with E-state index in [1.165, 1.54) is 12.1 Å². The fourth-order valence-electron chi connectivity index (χ4n) is 2.87. The third-order valence-electron chi connectivity index (χ3n) is 4.41. The monoisotopic (exact) mass is 384 g/mol. The summed E-state index contributed by atoms with van der Waals surface area (Å²) >= 11 is 0. The SMILES string of the molecule is CC(C)(C)n1nc(C(=O)Nc2ccc(C(=O)NCC(=O)O)cc2)cc1C1CC1. The van der Waals surface area contributed by atoms with Crippen molar-refractivity contribution in [3.05, 3.63) is 47.3 Å². The molecule has 0 saturated heterocycles. The average molecular weight is 384 g/mol. The zero-order valence-electron chi connectivity index (χ0n) is 16.2. The highest BCUT2D eigenvalue weighted by Crippen LogP contribution is 2.41. The number of hydrogen-bond acceptors (Lipinski definition) is 4. The van der Waals surface area contributed by atoms with Crippen molar-refractivity contribution in [2.45, 2.75) is 45.1 Å². The predicted molar refractivity (Wildman–Crippen MR) is 104 cm³/mol. The number of anilines is 1. The molecule has 8 nitrogen and oxygen atoms in total. The number of carboxylic acids is 1. The van der Waals surface area contributed by atoms with Gasteiger partial charge in [0.15, 0.2) is 5.69 Å². The van der Waals surface area contributed by atoms with Crippen LogP contribution in [0.1, 0.15) is 66.1 Å². The summed E-state index contributed by atoms with van der Waals surface area (Å²) in [6, 6.07) is 8.09. The van der Waals surface area contributed by atoms with E-state index in [4.69, 9.17) is 5.11 Å². The van der Waals surface area contributed by atoms with Gasteiger partial charge < -0.3 is 15.7 Å². The molecule has 3 rings (SSSR count). The lowest BCUT2D eigenvalue weighted by atomic mass is 10.1. The van der Waals surface area contributed by atoms with Crippen molar-refractivity contribution in [3.8, 4) is 0 Å². The van der Waals surface area contributed by atoms with Crippen LogP contribution in [0, 0.1) is 0 Å². The summed E-state index contributed by atoms with van der Waals surface area (Å²) in [4.78, 5) is 35.0. The number of benzene rings is 1. The van der Waals surface area contributed by atoms with Crippen LogP contribution in [-0.4, -0.2) is 39.2 Å². The fourth-order valence-corrected chi connectivity index (χ4v) is 2.87. The Kier molecular flexibility index (Phi) is 5.22. The highest BCUT2D eigenvalue weighted by Gasteiger charge is 2.32. The van der Waals surface area contributed by atoms with Crippen LogP contribution in [-0.2, 0) is 10.3 Å². The molecule has 2 aromatic rings. The number of carbonyl (C=O) groups is 3. The minimum atomic E-state index is -1.11. The number of nitrogens with zero attached hydrogens (tertiary/aromatic N) is 2. The van der Waals surface area contributed by atoms with E-state index in [9.17, 15) is 14.4 Å². The molecule has 1 saturated carbocycles. The van der Waals surface area contributed by atoms with Crippen LogP contribution in [0.15, 0.2) is 30.3 Å². The minimum Gasteiger partial charge on any atom is -0.480 e. The van der Waals surface area contributed by atoms with Crippen LogP contribution in [0.5, 0.6) is 0 Å². The molecule has 1 fully saturated rings. The first-order valence-corrected chi connectivity index (χ1v) is 9.17. The summed E-state index contributed by atoms with van der Waals surface area (Å²) in [5.74, 6) is -1.44. The molecule has 28 heavy (non-hydrogen) atoms. The largest absolute Gasteiger partial charge is 0.480 e. The van der Waals surface area contributed by atoms with E-state index in [0.29, 0.717) is 22.9 Å². The Hall–Kier alpha value is -3.16. The molecule has 8 heteroatoms. The van der Waals surface area contributed by atoms with Crippen molar-refractivity contribution in [1.29, 1.82) is 0 Å². The molecule has 1 aromatic carbocycles. The topological polar surface area (TPSA) is 113 Å². The van der Waals surface area contributed by atoms with E-state index in [1.807, 2.05) is 10.7 Å². The van der Waals surface area contributed by atoms with Crippen LogP contribution >= 0.6 is 0 Å². The Bertz CT molecular complexity index is 905. The summed E-state index contributed by atoms with van der Waals surface area (Å²) in [6.07, 6.45) is 2.24. The number of nitrogens with one attached hydrogen (secondary N) is 2. The second-order valence-corrected chi connectivity index (χ2v) is 7.92. The van der Waals surface area contributed by atoms with Gasteiger partial charge in [-0.25, -0.2) is 0 Å². The van der Waals surface area contributed by atoms with Gasteiger partial charge in [-0.15, -0.1) is 0 Å². The van der Waals surface area contributed by atoms with Gasteiger partial charge in [-0.05, 0) is 63.9 Å². The van der Waals surface area contributed by atoms with Crippen molar-refractivity contribution in [1.82, 2.24) is 15.1 Å². The number of carbonyl (C=O) groups excluding carboxylic acids is 2. The van der Waals surface area contributed by atoms with Crippen LogP contribution in [0.25, 0.3) is 0 Å². The first-order valence-electron chi connectivity index (χ1n) is 9.17. The molecule has 0 atom stereocenters. The van der Waals surface area contributed by atoms with Crippen LogP contribution in [0.3, 0.4) is 0 Å². The Morgan fingerprint density at radius 3 is 2.32 bits per heavy atom. The number of rotatable bonds is 6. The molecule has 3 N–H and O–H groups in total. The van der Waals surface area contributed by atoms with E-state index in [1.54, 1.807) is 12.1 Å². The van der Waals surface area contributed by atoms with E-state index in [-0.39, 0.29) is 11.4 Å². The third-order valence-corrected chi connectivity index (χ3v) is 4.41. The molecule has 148 valence electrons. The van der Waals surface area contributed by atoms with Gasteiger partial charge >= 0.3 is 5.97 Å². The van der Waals surface area contributed by atoms with Crippen molar-refractivity contribution in [2.75, 3.05) is 11.9 Å². The van der Waals surface area contributed by atoms with E-state index >= 15 is 0 Å². The molecule has 0 aliphatic heterocycles. The van der Waals surface area contributed by atoms with Crippen molar-refractivity contribution >= 4 is 23.5 Å². The molecule has 2 amide bonds. The van der Waals surface area contributed by atoms with Crippen molar-refractivity contribution in [3.63, 3.8) is 0 Å². The normalized spacial score (nSPS) is 13.8. The van der Waals surface area contributed by atoms with Gasteiger partial charge in [0.2, 0.25) is 0 Å². The van der Waals surface area contributed by atoms with Crippen LogP contribution < -0.4 is 10.6 Å². The van der Waals surface area contributed by atoms with Gasteiger partial charge in [0.05, 0.1) is 5.54 Å². The van der Waals surface area contributed by atoms with E-state index in [2.05, 4.69) is 36.5 Å². The predicted octanol–water partition coefficient (Wildman–Crippen LogP) is 2.58. The maximum Gasteiger partial charge on any atom is 0.322 e. The molecular formula is C20H24N4O4. The second kappa shape index (κ2) is 7.46. The third kappa shape index (κ3) is 4.57. The molecule has 0 spiro atoms. The van der Waals surface area contributed by atoms with Gasteiger partial charge in [-0.1, -0.05) is 0 Å². The van der Waals surface area contributed by atoms with Crippen molar-refractivity contribution in [2.24, 2.45) is 0 Å². The minimum absolute atomic E-state index is 0.207. The summed E-state index contributed by atoms with van der Waals surface area (Å²) < 4.78 is 1.93. The van der Waals surface area contributed by atoms with E-state index in [0.717, 1.165) is 18.5 Å². The summed E-state index contributed by atoms with van der Waals surface area (Å²) in [6.45, 7) is 5.72. The number of hydrogen-bond donors (Lipinski definition) is 3. The quantitative estimate of drug-likeness (QED) is 0.708. The summed E-state index contributed by atoms with van der Waals surface area (Å²) in [7, 11) is 0. The Morgan fingerprint density at radius 2 is 1.79 bits per heavy atom. The van der Waals surface area contributed by atoms with Gasteiger partial charge in [0, 0.05) is 22.9 Å². The first-order chi connectivity index (χ1) is 13.1. The van der Waals surface area contributed by atoms with Crippen LogP contribution in [0.2, 0.25) is 0 Å².